The lowest BCUT2D eigenvalue weighted by Crippen LogP contribution is -2.35. The molecule has 7 heteroatoms. The normalized spacial score (nSPS) is 32.9. The van der Waals surface area contributed by atoms with Crippen LogP contribution in [-0.2, 0) is 4.74 Å². The number of ether oxygens (including phenoxy) is 1. The molecule has 0 unspecified atom stereocenters. The van der Waals surface area contributed by atoms with Crippen LogP contribution in [0.15, 0.2) is 21.9 Å². The van der Waals surface area contributed by atoms with E-state index in [1.165, 1.54) is 0 Å². The van der Waals surface area contributed by atoms with Crippen molar-refractivity contribution in [3.63, 3.8) is 0 Å². The quantitative estimate of drug-likeness (QED) is 0.737. The van der Waals surface area contributed by atoms with Crippen LogP contribution in [0.1, 0.15) is 19.6 Å². The number of aromatic amines is 1. The Kier molecular flexibility index (Phi) is 3.12. The molecule has 0 saturated carbocycles. The maximum atomic E-state index is 13.8. The SMILES string of the molecule is CC[C@@H]1O[C@@H](n2ccc(=O)[nH]c2=O)[C@@H](F)[C@H]1O. The van der Waals surface area contributed by atoms with E-state index in [1.807, 2.05) is 4.98 Å². The van der Waals surface area contributed by atoms with Gasteiger partial charge in [-0.3, -0.25) is 14.3 Å². The molecule has 0 bridgehead atoms. The summed E-state index contributed by atoms with van der Waals surface area (Å²) in [5, 5.41) is 9.55. The molecule has 17 heavy (non-hydrogen) atoms. The molecule has 0 spiro atoms. The van der Waals surface area contributed by atoms with Gasteiger partial charge in [0.2, 0.25) is 0 Å². The van der Waals surface area contributed by atoms with E-state index in [9.17, 15) is 19.1 Å². The highest BCUT2D eigenvalue weighted by Crippen LogP contribution is 2.31. The standard InChI is InChI=1S/C10H13FN2O4/c1-2-5-8(15)7(11)9(17-5)13-4-3-6(14)12-10(13)16/h3-5,7-9,15H,2H2,1H3,(H,12,14,16)/t5-,7-,8-,9+/m0/s1. The number of hydrogen-bond acceptors (Lipinski definition) is 4. The molecule has 0 radical (unpaired) electrons. The van der Waals surface area contributed by atoms with Crippen molar-refractivity contribution in [3.8, 4) is 0 Å². The van der Waals surface area contributed by atoms with Crippen molar-refractivity contribution in [2.24, 2.45) is 0 Å². The predicted molar refractivity (Wildman–Crippen MR) is 56.4 cm³/mol. The highest BCUT2D eigenvalue weighted by Gasteiger charge is 2.44. The number of rotatable bonds is 2. The Hall–Kier alpha value is -1.47. The highest BCUT2D eigenvalue weighted by molar-refractivity contribution is 4.92. The van der Waals surface area contributed by atoms with Gasteiger partial charge in [-0.1, -0.05) is 6.92 Å². The number of aliphatic hydroxyl groups excluding tert-OH is 1. The van der Waals surface area contributed by atoms with Crippen molar-refractivity contribution in [1.82, 2.24) is 9.55 Å². The minimum Gasteiger partial charge on any atom is -0.387 e. The van der Waals surface area contributed by atoms with Crippen LogP contribution in [0.3, 0.4) is 0 Å². The van der Waals surface area contributed by atoms with Crippen LogP contribution >= 0.6 is 0 Å². The Balaban J connectivity index is 2.35. The van der Waals surface area contributed by atoms with E-state index in [0.717, 1.165) is 16.8 Å². The van der Waals surface area contributed by atoms with Gasteiger partial charge < -0.3 is 9.84 Å². The minimum absolute atomic E-state index is 0.441. The van der Waals surface area contributed by atoms with Crippen molar-refractivity contribution in [1.29, 1.82) is 0 Å². The Morgan fingerprint density at radius 1 is 1.59 bits per heavy atom. The first-order chi connectivity index (χ1) is 8.04. The zero-order valence-electron chi connectivity index (χ0n) is 9.17. The van der Waals surface area contributed by atoms with Gasteiger partial charge in [0.05, 0.1) is 6.10 Å². The molecule has 0 amide bonds. The molecule has 4 atom stereocenters. The van der Waals surface area contributed by atoms with Gasteiger partial charge in [0.15, 0.2) is 12.4 Å². The zero-order chi connectivity index (χ0) is 12.6. The fraction of sp³-hybridized carbons (Fsp3) is 0.600. The van der Waals surface area contributed by atoms with Crippen molar-refractivity contribution < 1.29 is 14.2 Å². The number of hydrogen-bond donors (Lipinski definition) is 2. The zero-order valence-corrected chi connectivity index (χ0v) is 9.17. The van der Waals surface area contributed by atoms with Crippen LogP contribution in [0.5, 0.6) is 0 Å². The van der Waals surface area contributed by atoms with Crippen LogP contribution in [0.2, 0.25) is 0 Å². The van der Waals surface area contributed by atoms with E-state index >= 15 is 0 Å². The summed E-state index contributed by atoms with van der Waals surface area (Å²) in [6.07, 6.45) is -3.19. The maximum absolute atomic E-state index is 13.8. The molecule has 2 N–H and O–H groups in total. The number of halogens is 1. The molecule has 1 aromatic heterocycles. The first-order valence-corrected chi connectivity index (χ1v) is 5.33. The van der Waals surface area contributed by atoms with Crippen LogP contribution in [0.4, 0.5) is 4.39 Å². The average molecular weight is 244 g/mol. The fourth-order valence-corrected chi connectivity index (χ4v) is 1.89. The molecule has 6 nitrogen and oxygen atoms in total. The molecule has 2 heterocycles. The molecule has 0 aliphatic carbocycles. The molecule has 1 fully saturated rings. The number of aromatic nitrogens is 2. The number of H-pyrrole nitrogens is 1. The Morgan fingerprint density at radius 2 is 2.29 bits per heavy atom. The van der Waals surface area contributed by atoms with E-state index in [0.29, 0.717) is 6.42 Å². The molecule has 0 aromatic carbocycles. The highest BCUT2D eigenvalue weighted by atomic mass is 19.1. The van der Waals surface area contributed by atoms with Gasteiger partial charge in [0, 0.05) is 12.3 Å². The molecule has 1 aliphatic rings. The molecular formula is C10H13FN2O4. The van der Waals surface area contributed by atoms with Gasteiger partial charge in [-0.2, -0.15) is 0 Å². The third kappa shape index (κ3) is 2.03. The van der Waals surface area contributed by atoms with Gasteiger partial charge in [-0.05, 0) is 6.42 Å². The molecular weight excluding hydrogens is 231 g/mol. The fourth-order valence-electron chi connectivity index (χ4n) is 1.89. The van der Waals surface area contributed by atoms with Gasteiger partial charge in [-0.25, -0.2) is 9.18 Å². The van der Waals surface area contributed by atoms with E-state index < -0.39 is 35.9 Å². The summed E-state index contributed by atoms with van der Waals surface area (Å²) in [4.78, 5) is 24.3. The predicted octanol–water partition coefficient (Wildman–Crippen LogP) is -0.457. The molecule has 94 valence electrons. The summed E-state index contributed by atoms with van der Waals surface area (Å²) in [5.41, 5.74) is -1.32. The largest absolute Gasteiger partial charge is 0.387 e. The van der Waals surface area contributed by atoms with E-state index in [2.05, 4.69) is 0 Å². The monoisotopic (exact) mass is 244 g/mol. The Labute approximate surface area is 95.7 Å². The second-order valence-corrected chi connectivity index (χ2v) is 3.93. The number of nitrogens with one attached hydrogen (secondary N) is 1. The van der Waals surface area contributed by atoms with Crippen molar-refractivity contribution in [3.05, 3.63) is 33.1 Å². The lowest BCUT2D eigenvalue weighted by molar-refractivity contribution is -0.0280. The lowest BCUT2D eigenvalue weighted by atomic mass is 10.1. The van der Waals surface area contributed by atoms with Gasteiger partial charge in [0.1, 0.15) is 6.10 Å². The van der Waals surface area contributed by atoms with Crippen LogP contribution in [-0.4, -0.2) is 33.0 Å². The second kappa shape index (κ2) is 4.42. The van der Waals surface area contributed by atoms with Gasteiger partial charge in [-0.15, -0.1) is 0 Å². The summed E-state index contributed by atoms with van der Waals surface area (Å²) in [6.45, 7) is 1.75. The third-order valence-electron chi connectivity index (χ3n) is 2.82. The number of nitrogens with zero attached hydrogens (tertiary/aromatic N) is 1. The summed E-state index contributed by atoms with van der Waals surface area (Å²) in [5.74, 6) is 0. The topological polar surface area (TPSA) is 84.3 Å². The molecule has 1 saturated heterocycles. The van der Waals surface area contributed by atoms with E-state index in [4.69, 9.17) is 4.74 Å². The third-order valence-corrected chi connectivity index (χ3v) is 2.82. The number of alkyl halides is 1. The van der Waals surface area contributed by atoms with Crippen LogP contribution in [0, 0.1) is 0 Å². The van der Waals surface area contributed by atoms with Crippen molar-refractivity contribution in [2.75, 3.05) is 0 Å². The first-order valence-electron chi connectivity index (χ1n) is 5.33. The van der Waals surface area contributed by atoms with Gasteiger partial charge in [0.25, 0.3) is 5.56 Å². The van der Waals surface area contributed by atoms with Crippen molar-refractivity contribution in [2.45, 2.75) is 38.0 Å². The summed E-state index contributed by atoms with van der Waals surface area (Å²) in [6, 6.07) is 1.10. The molecule has 2 rings (SSSR count). The smallest absolute Gasteiger partial charge is 0.330 e. The summed E-state index contributed by atoms with van der Waals surface area (Å²) in [7, 11) is 0. The van der Waals surface area contributed by atoms with E-state index in [-0.39, 0.29) is 0 Å². The number of aliphatic hydroxyl groups is 1. The summed E-state index contributed by atoms with van der Waals surface area (Å²) < 4.78 is 20.0. The average Bonchev–Trinajstić information content (AvgIpc) is 2.57. The maximum Gasteiger partial charge on any atom is 0.330 e. The van der Waals surface area contributed by atoms with Crippen LogP contribution in [0.25, 0.3) is 0 Å². The molecule has 1 aromatic rings. The second-order valence-electron chi connectivity index (χ2n) is 3.93. The Morgan fingerprint density at radius 3 is 2.82 bits per heavy atom. The summed E-state index contributed by atoms with van der Waals surface area (Å²) >= 11 is 0. The Bertz CT molecular complexity index is 512. The minimum atomic E-state index is -1.69. The molecule has 1 aliphatic heterocycles. The van der Waals surface area contributed by atoms with Crippen molar-refractivity contribution >= 4 is 0 Å². The lowest BCUT2D eigenvalue weighted by Gasteiger charge is -2.15. The van der Waals surface area contributed by atoms with Gasteiger partial charge >= 0.3 is 5.69 Å². The van der Waals surface area contributed by atoms with Crippen LogP contribution < -0.4 is 11.2 Å². The first kappa shape index (κ1) is 12.0. The van der Waals surface area contributed by atoms with E-state index in [1.54, 1.807) is 6.92 Å².